The molecule has 0 aliphatic carbocycles. The maximum atomic E-state index is 12.1. The molecule has 4 aromatic rings. The second kappa shape index (κ2) is 12.4. The van der Waals surface area contributed by atoms with E-state index in [0.717, 1.165) is 11.3 Å². The molecule has 0 heterocycles. The van der Waals surface area contributed by atoms with Crippen molar-refractivity contribution in [2.75, 3.05) is 7.11 Å². The number of benzene rings is 4. The summed E-state index contributed by atoms with van der Waals surface area (Å²) in [5.41, 5.74) is 3.62. The van der Waals surface area contributed by atoms with Crippen LogP contribution in [0.2, 0.25) is 0 Å². The maximum absolute atomic E-state index is 12.1. The van der Waals surface area contributed by atoms with Crippen LogP contribution in [-0.2, 0) is 15.3 Å². The van der Waals surface area contributed by atoms with E-state index in [0.29, 0.717) is 9.79 Å². The molecule has 34 heavy (non-hydrogen) atoms. The standard InChI is InChI=1S/C16H17O.C13H11O2S.U/c1-16(2,13-7-5-4-6-8-13)14-9-11-15(17-3)12-10-14;1-11-7-9-13(10-8-11)16(14,15)12-5-3-2-4-6-12;/h5-12H,1-3H3;3-10H,1H3;/q2*-1;+2. The number of ether oxygens (including phenoxy) is 1. The monoisotopic (exact) mass is 694 g/mol. The van der Waals surface area contributed by atoms with E-state index in [1.165, 1.54) is 11.1 Å². The summed E-state index contributed by atoms with van der Waals surface area (Å²) in [5, 5.41) is 0. The third kappa shape index (κ3) is 6.86. The van der Waals surface area contributed by atoms with Gasteiger partial charge in [0.15, 0.2) is 9.84 Å². The van der Waals surface area contributed by atoms with Crippen molar-refractivity contribution in [1.29, 1.82) is 0 Å². The topological polar surface area (TPSA) is 43.4 Å². The smallest absolute Gasteiger partial charge is 0.497 e. The fourth-order valence-corrected chi connectivity index (χ4v) is 4.64. The van der Waals surface area contributed by atoms with Gasteiger partial charge in [0.25, 0.3) is 0 Å². The molecular formula is C29H28O3SU. The molecule has 0 spiro atoms. The van der Waals surface area contributed by atoms with Crippen LogP contribution in [0.15, 0.2) is 107 Å². The minimum Gasteiger partial charge on any atom is -0.497 e. The van der Waals surface area contributed by atoms with E-state index in [1.54, 1.807) is 55.6 Å². The van der Waals surface area contributed by atoms with E-state index < -0.39 is 9.84 Å². The largest absolute Gasteiger partial charge is 2.00 e. The Morgan fingerprint density at radius 2 is 1.12 bits per heavy atom. The SMILES string of the molecule is COc1ccc(C(C)(C)c2cc[c-]cc2)cc1.Cc1ccc(S(=O)(=O)c2cc[c-]cc2)cc1.[U+2]. The summed E-state index contributed by atoms with van der Waals surface area (Å²) in [7, 11) is -1.69. The Balaban J connectivity index is 0.000000234. The molecule has 5 heteroatoms. The van der Waals surface area contributed by atoms with E-state index in [1.807, 2.05) is 31.2 Å². The zero-order chi connectivity index (χ0) is 23.9. The van der Waals surface area contributed by atoms with Crippen LogP contribution in [0, 0.1) is 50.2 Å². The van der Waals surface area contributed by atoms with Gasteiger partial charge < -0.3 is 4.74 Å². The number of rotatable bonds is 5. The van der Waals surface area contributed by atoms with Crippen molar-refractivity contribution >= 4 is 9.84 Å². The first-order chi connectivity index (χ1) is 15.7. The first-order valence-corrected chi connectivity index (χ1v) is 12.1. The Labute approximate surface area is 227 Å². The third-order valence-electron chi connectivity index (χ3n) is 5.58. The van der Waals surface area contributed by atoms with Gasteiger partial charge in [0.05, 0.1) is 12.0 Å². The van der Waals surface area contributed by atoms with Gasteiger partial charge in [-0.1, -0.05) is 43.7 Å². The van der Waals surface area contributed by atoms with Gasteiger partial charge in [0.2, 0.25) is 0 Å². The van der Waals surface area contributed by atoms with Crippen LogP contribution in [0.25, 0.3) is 0 Å². The Hall–Kier alpha value is -2.32. The van der Waals surface area contributed by atoms with Crippen LogP contribution in [0.5, 0.6) is 5.75 Å². The Kier molecular flexibility index (Phi) is 10.2. The summed E-state index contributed by atoms with van der Waals surface area (Å²) in [6, 6.07) is 35.4. The minimum atomic E-state index is -3.38. The van der Waals surface area contributed by atoms with Crippen LogP contribution in [0.4, 0.5) is 0 Å². The first kappa shape index (κ1) is 27.9. The molecule has 0 aromatic heterocycles. The fraction of sp³-hybridized carbons (Fsp3) is 0.172. The van der Waals surface area contributed by atoms with Crippen LogP contribution in [0.3, 0.4) is 0 Å². The van der Waals surface area contributed by atoms with Gasteiger partial charge in [-0.15, -0.1) is 5.56 Å². The number of methoxy groups -OCH3 is 1. The van der Waals surface area contributed by atoms with Gasteiger partial charge in [-0.3, -0.25) is 0 Å². The molecule has 0 amide bonds. The van der Waals surface area contributed by atoms with Gasteiger partial charge in [0.1, 0.15) is 5.75 Å². The zero-order valence-corrected chi connectivity index (χ0v) is 24.9. The summed E-state index contributed by atoms with van der Waals surface area (Å²) in [6.45, 7) is 6.38. The minimum absolute atomic E-state index is 0. The second-order valence-electron chi connectivity index (χ2n) is 8.19. The van der Waals surface area contributed by atoms with Crippen molar-refractivity contribution in [1.82, 2.24) is 0 Å². The number of hydrogen-bond donors (Lipinski definition) is 0. The van der Waals surface area contributed by atoms with Crippen molar-refractivity contribution in [2.24, 2.45) is 0 Å². The third-order valence-corrected chi connectivity index (χ3v) is 7.37. The average Bonchev–Trinajstić information content (AvgIpc) is 2.86. The number of hydrogen-bond acceptors (Lipinski definition) is 3. The zero-order valence-electron chi connectivity index (χ0n) is 19.9. The van der Waals surface area contributed by atoms with Crippen LogP contribution in [0.1, 0.15) is 30.5 Å². The molecule has 0 radical (unpaired) electrons. The molecule has 0 bridgehead atoms. The molecule has 0 saturated carbocycles. The summed E-state index contributed by atoms with van der Waals surface area (Å²) in [5.74, 6) is 0.894. The Morgan fingerprint density at radius 1 is 0.676 bits per heavy atom. The van der Waals surface area contributed by atoms with E-state index in [9.17, 15) is 8.42 Å². The van der Waals surface area contributed by atoms with Gasteiger partial charge >= 0.3 is 31.1 Å². The summed E-state index contributed by atoms with van der Waals surface area (Å²) >= 11 is 0. The maximum Gasteiger partial charge on any atom is 2.00 e. The molecule has 3 nitrogen and oxygen atoms in total. The second-order valence-corrected chi connectivity index (χ2v) is 10.1. The van der Waals surface area contributed by atoms with E-state index >= 15 is 0 Å². The van der Waals surface area contributed by atoms with Gasteiger partial charge in [-0.25, -0.2) is 8.42 Å². The average molecular weight is 695 g/mol. The molecular weight excluding hydrogens is 666 g/mol. The van der Waals surface area contributed by atoms with E-state index in [4.69, 9.17) is 4.74 Å². The Morgan fingerprint density at radius 3 is 1.62 bits per heavy atom. The van der Waals surface area contributed by atoms with Crippen molar-refractivity contribution in [3.63, 3.8) is 0 Å². The molecule has 0 atom stereocenters. The van der Waals surface area contributed by atoms with Crippen LogP contribution >= 0.6 is 0 Å². The predicted octanol–water partition coefficient (Wildman–Crippen LogP) is 6.45. The van der Waals surface area contributed by atoms with Gasteiger partial charge in [-0.2, -0.15) is 60.7 Å². The number of sulfone groups is 1. The molecule has 0 aliphatic heterocycles. The van der Waals surface area contributed by atoms with Crippen molar-refractivity contribution in [3.8, 4) is 5.75 Å². The van der Waals surface area contributed by atoms with E-state index in [-0.39, 0.29) is 36.5 Å². The molecule has 4 aromatic carbocycles. The van der Waals surface area contributed by atoms with Crippen LogP contribution in [-0.4, -0.2) is 15.5 Å². The normalized spacial score (nSPS) is 10.9. The molecule has 0 saturated heterocycles. The molecule has 0 N–H and O–H groups in total. The van der Waals surface area contributed by atoms with Crippen molar-refractivity contribution < 1.29 is 44.3 Å². The van der Waals surface area contributed by atoms with Gasteiger partial charge in [0, 0.05) is 0 Å². The van der Waals surface area contributed by atoms with Gasteiger partial charge in [-0.05, 0) is 47.1 Å². The molecule has 0 aliphatic rings. The Bertz CT molecular complexity index is 1250. The molecule has 0 unspecified atom stereocenters. The summed E-state index contributed by atoms with van der Waals surface area (Å²) in [4.78, 5) is 0.624. The molecule has 0 fully saturated rings. The first-order valence-electron chi connectivity index (χ1n) is 10.6. The fourth-order valence-electron chi connectivity index (χ4n) is 3.38. The number of aryl methyl sites for hydroxylation is 1. The van der Waals surface area contributed by atoms with Crippen molar-refractivity contribution in [3.05, 3.63) is 126 Å². The molecule has 4 rings (SSSR count). The quantitative estimate of drug-likeness (QED) is 0.226. The predicted molar refractivity (Wildman–Crippen MR) is 132 cm³/mol. The summed E-state index contributed by atoms with van der Waals surface area (Å²) in [6.07, 6.45) is 0. The van der Waals surface area contributed by atoms with E-state index in [2.05, 4.69) is 50.2 Å². The van der Waals surface area contributed by atoms with Crippen LogP contribution < -0.4 is 4.74 Å². The van der Waals surface area contributed by atoms with Crippen molar-refractivity contribution in [2.45, 2.75) is 36.0 Å². The summed E-state index contributed by atoms with van der Waals surface area (Å²) < 4.78 is 29.4. The molecule has 172 valence electrons.